The van der Waals surface area contributed by atoms with Crippen molar-refractivity contribution in [2.75, 3.05) is 0 Å². The summed E-state index contributed by atoms with van der Waals surface area (Å²) in [5.74, 6) is 1.21. The SMILES string of the molecule is CC1CC(C)CC(O)(c2cccc(Br)c2)C1. The molecule has 0 aromatic heterocycles. The van der Waals surface area contributed by atoms with Crippen molar-refractivity contribution in [3.63, 3.8) is 0 Å². The average Bonchev–Trinajstić information content (AvgIpc) is 2.15. The summed E-state index contributed by atoms with van der Waals surface area (Å²) in [4.78, 5) is 0. The van der Waals surface area contributed by atoms with Crippen LogP contribution >= 0.6 is 15.9 Å². The zero-order chi connectivity index (χ0) is 11.8. The molecule has 2 unspecified atom stereocenters. The van der Waals surface area contributed by atoms with Crippen molar-refractivity contribution in [1.29, 1.82) is 0 Å². The van der Waals surface area contributed by atoms with E-state index < -0.39 is 5.60 Å². The van der Waals surface area contributed by atoms with Crippen LogP contribution in [0.5, 0.6) is 0 Å². The Morgan fingerprint density at radius 1 is 1.25 bits per heavy atom. The summed E-state index contributed by atoms with van der Waals surface area (Å²) in [7, 11) is 0. The molecule has 1 aromatic carbocycles. The van der Waals surface area contributed by atoms with Crippen LogP contribution in [0.4, 0.5) is 0 Å². The van der Waals surface area contributed by atoms with Gasteiger partial charge in [0.2, 0.25) is 0 Å². The quantitative estimate of drug-likeness (QED) is 0.823. The van der Waals surface area contributed by atoms with Gasteiger partial charge < -0.3 is 5.11 Å². The second-order valence-corrected chi connectivity index (χ2v) is 6.31. The van der Waals surface area contributed by atoms with Crippen LogP contribution in [0.3, 0.4) is 0 Å². The van der Waals surface area contributed by atoms with Crippen molar-refractivity contribution < 1.29 is 5.11 Å². The number of rotatable bonds is 1. The highest BCUT2D eigenvalue weighted by atomic mass is 79.9. The normalized spacial score (nSPS) is 35.0. The predicted molar refractivity (Wildman–Crippen MR) is 70.2 cm³/mol. The van der Waals surface area contributed by atoms with Crippen molar-refractivity contribution >= 4 is 15.9 Å². The molecule has 88 valence electrons. The first-order valence-corrected chi connectivity index (χ1v) is 6.77. The molecule has 0 amide bonds. The van der Waals surface area contributed by atoms with Gasteiger partial charge in [-0.05, 0) is 48.8 Å². The van der Waals surface area contributed by atoms with Crippen LogP contribution in [0.25, 0.3) is 0 Å². The lowest BCUT2D eigenvalue weighted by Gasteiger charge is -2.39. The Morgan fingerprint density at radius 3 is 2.44 bits per heavy atom. The van der Waals surface area contributed by atoms with E-state index in [1.165, 1.54) is 6.42 Å². The van der Waals surface area contributed by atoms with Gasteiger partial charge in [-0.3, -0.25) is 0 Å². The van der Waals surface area contributed by atoms with Gasteiger partial charge in [0.05, 0.1) is 5.60 Å². The van der Waals surface area contributed by atoms with Gasteiger partial charge in [-0.25, -0.2) is 0 Å². The highest BCUT2D eigenvalue weighted by Crippen LogP contribution is 2.42. The molecule has 2 atom stereocenters. The smallest absolute Gasteiger partial charge is 0.0902 e. The van der Waals surface area contributed by atoms with E-state index >= 15 is 0 Å². The molecule has 1 aromatic rings. The molecule has 1 saturated carbocycles. The van der Waals surface area contributed by atoms with Crippen molar-refractivity contribution in [1.82, 2.24) is 0 Å². The average molecular weight is 283 g/mol. The molecule has 2 rings (SSSR count). The number of aliphatic hydroxyl groups is 1. The van der Waals surface area contributed by atoms with E-state index in [-0.39, 0.29) is 0 Å². The third-order valence-corrected chi connectivity index (χ3v) is 4.03. The molecule has 1 nitrogen and oxygen atoms in total. The minimum Gasteiger partial charge on any atom is -0.385 e. The van der Waals surface area contributed by atoms with Gasteiger partial charge >= 0.3 is 0 Å². The predicted octanol–water partition coefficient (Wildman–Crippen LogP) is 4.09. The highest BCUT2D eigenvalue weighted by molar-refractivity contribution is 9.10. The maximum absolute atomic E-state index is 10.8. The number of benzene rings is 1. The molecular formula is C14H19BrO. The Labute approximate surface area is 106 Å². The fraction of sp³-hybridized carbons (Fsp3) is 0.571. The van der Waals surface area contributed by atoms with Gasteiger partial charge in [-0.1, -0.05) is 41.9 Å². The monoisotopic (exact) mass is 282 g/mol. The summed E-state index contributed by atoms with van der Waals surface area (Å²) in [6, 6.07) is 8.09. The van der Waals surface area contributed by atoms with E-state index in [0.717, 1.165) is 22.9 Å². The fourth-order valence-electron chi connectivity index (χ4n) is 3.10. The Kier molecular flexibility index (Phi) is 3.41. The minimum absolute atomic E-state index is 0.604. The molecule has 0 radical (unpaired) electrons. The lowest BCUT2D eigenvalue weighted by molar-refractivity contribution is -0.0363. The molecule has 0 aliphatic heterocycles. The molecule has 1 fully saturated rings. The third kappa shape index (κ3) is 2.49. The number of hydrogen-bond donors (Lipinski definition) is 1. The van der Waals surface area contributed by atoms with Crippen LogP contribution in [-0.2, 0) is 5.60 Å². The minimum atomic E-state index is -0.624. The number of hydrogen-bond acceptors (Lipinski definition) is 1. The second-order valence-electron chi connectivity index (χ2n) is 5.40. The van der Waals surface area contributed by atoms with Crippen LogP contribution in [0.1, 0.15) is 38.7 Å². The first-order chi connectivity index (χ1) is 7.49. The molecule has 2 heteroatoms. The van der Waals surface area contributed by atoms with E-state index in [1.807, 2.05) is 24.3 Å². The summed E-state index contributed by atoms with van der Waals surface area (Å²) >= 11 is 3.47. The van der Waals surface area contributed by atoms with Gasteiger partial charge in [-0.15, -0.1) is 0 Å². The molecule has 0 saturated heterocycles. The van der Waals surface area contributed by atoms with E-state index in [1.54, 1.807) is 0 Å². The largest absolute Gasteiger partial charge is 0.385 e. The maximum atomic E-state index is 10.8. The standard InChI is InChI=1S/C14H19BrO/c1-10-6-11(2)9-14(16,8-10)12-4-3-5-13(15)7-12/h3-5,7,10-11,16H,6,8-9H2,1-2H3. The lowest BCUT2D eigenvalue weighted by Crippen LogP contribution is -2.35. The Bertz CT molecular complexity index is 365. The second kappa shape index (κ2) is 4.50. The summed E-state index contributed by atoms with van der Waals surface area (Å²) in [6.07, 6.45) is 3.00. The van der Waals surface area contributed by atoms with E-state index in [0.29, 0.717) is 11.8 Å². The third-order valence-electron chi connectivity index (χ3n) is 3.54. The zero-order valence-corrected chi connectivity index (χ0v) is 11.5. The lowest BCUT2D eigenvalue weighted by atomic mass is 9.71. The summed E-state index contributed by atoms with van der Waals surface area (Å²) < 4.78 is 1.05. The van der Waals surface area contributed by atoms with E-state index in [4.69, 9.17) is 0 Å². The molecule has 1 N–H and O–H groups in total. The molecule has 0 heterocycles. The highest BCUT2D eigenvalue weighted by Gasteiger charge is 2.37. The van der Waals surface area contributed by atoms with Crippen LogP contribution in [0.15, 0.2) is 28.7 Å². The van der Waals surface area contributed by atoms with Crippen LogP contribution in [0.2, 0.25) is 0 Å². The van der Waals surface area contributed by atoms with Crippen LogP contribution < -0.4 is 0 Å². The van der Waals surface area contributed by atoms with Crippen molar-refractivity contribution in [2.24, 2.45) is 11.8 Å². The van der Waals surface area contributed by atoms with Crippen LogP contribution in [0, 0.1) is 11.8 Å². The Hall–Kier alpha value is -0.340. The van der Waals surface area contributed by atoms with Crippen molar-refractivity contribution in [3.8, 4) is 0 Å². The molecule has 0 spiro atoms. The van der Waals surface area contributed by atoms with Gasteiger partial charge in [0.15, 0.2) is 0 Å². The summed E-state index contributed by atoms with van der Waals surface area (Å²) in [6.45, 7) is 4.47. The molecule has 0 bridgehead atoms. The van der Waals surface area contributed by atoms with Gasteiger partial charge in [0.1, 0.15) is 0 Å². The van der Waals surface area contributed by atoms with Gasteiger partial charge in [0, 0.05) is 4.47 Å². The van der Waals surface area contributed by atoms with E-state index in [2.05, 4.69) is 29.8 Å². The summed E-state index contributed by atoms with van der Waals surface area (Å²) in [5, 5.41) is 10.8. The maximum Gasteiger partial charge on any atom is 0.0902 e. The number of halogens is 1. The fourth-order valence-corrected chi connectivity index (χ4v) is 3.50. The van der Waals surface area contributed by atoms with Gasteiger partial charge in [-0.2, -0.15) is 0 Å². The molecule has 1 aliphatic rings. The molecule has 1 aliphatic carbocycles. The zero-order valence-electron chi connectivity index (χ0n) is 9.91. The van der Waals surface area contributed by atoms with Crippen molar-refractivity contribution in [3.05, 3.63) is 34.3 Å². The Morgan fingerprint density at radius 2 is 1.88 bits per heavy atom. The topological polar surface area (TPSA) is 20.2 Å². The summed E-state index contributed by atoms with van der Waals surface area (Å²) in [5.41, 5.74) is 0.432. The van der Waals surface area contributed by atoms with Gasteiger partial charge in [0.25, 0.3) is 0 Å². The molecular weight excluding hydrogens is 264 g/mol. The van der Waals surface area contributed by atoms with Crippen LogP contribution in [-0.4, -0.2) is 5.11 Å². The first kappa shape index (κ1) is 12.1. The van der Waals surface area contributed by atoms with Crippen molar-refractivity contribution in [2.45, 2.75) is 38.7 Å². The van der Waals surface area contributed by atoms with E-state index in [9.17, 15) is 5.11 Å². The molecule has 16 heavy (non-hydrogen) atoms. The Balaban J connectivity index is 2.30. The first-order valence-electron chi connectivity index (χ1n) is 5.98.